The molecule has 0 aromatic carbocycles. The Bertz CT molecular complexity index is 193. The van der Waals surface area contributed by atoms with Crippen molar-refractivity contribution >= 4 is 11.8 Å². The van der Waals surface area contributed by atoms with Crippen LogP contribution in [0.3, 0.4) is 0 Å². The second-order valence-electron chi connectivity index (χ2n) is 5.51. The molecule has 0 bridgehead atoms. The molecule has 0 aromatic rings. The summed E-state index contributed by atoms with van der Waals surface area (Å²) in [6, 6.07) is 0. The van der Waals surface area contributed by atoms with E-state index in [2.05, 4.69) is 44.4 Å². The van der Waals surface area contributed by atoms with Crippen LogP contribution < -0.4 is 0 Å². The van der Waals surface area contributed by atoms with E-state index in [0.717, 1.165) is 64.2 Å². The van der Waals surface area contributed by atoms with Gasteiger partial charge in [0, 0.05) is 31.6 Å². The molecule has 0 aliphatic rings. The summed E-state index contributed by atoms with van der Waals surface area (Å²) < 4.78 is 11.2. The van der Waals surface area contributed by atoms with Gasteiger partial charge in [0.15, 0.2) is 0 Å². The molecule has 3 nitrogen and oxygen atoms in total. The van der Waals surface area contributed by atoms with Crippen molar-refractivity contribution in [2.75, 3.05) is 51.8 Å². The van der Waals surface area contributed by atoms with E-state index in [4.69, 9.17) is 9.47 Å². The highest BCUT2D eigenvalue weighted by molar-refractivity contribution is 7.99. The standard InChI is InChI=1S/C17H37NO2S/c1-5-12-19-14-10-18(11-15-20-13-6-2)9-8-16-21-17(4)7-3/h17H,5-16H2,1-4H3/t17-/m1/s1. The molecule has 0 unspecified atom stereocenters. The summed E-state index contributed by atoms with van der Waals surface area (Å²) in [4.78, 5) is 2.49. The maximum atomic E-state index is 5.62. The molecule has 0 spiro atoms. The van der Waals surface area contributed by atoms with E-state index in [1.807, 2.05) is 0 Å². The average Bonchev–Trinajstić information content (AvgIpc) is 2.50. The molecule has 0 heterocycles. The molecular formula is C17H37NO2S. The summed E-state index contributed by atoms with van der Waals surface area (Å²) in [5.74, 6) is 1.26. The molecule has 0 rings (SSSR count). The second-order valence-corrected chi connectivity index (χ2v) is 7.06. The number of ether oxygens (including phenoxy) is 2. The largest absolute Gasteiger partial charge is 0.380 e. The molecule has 0 radical (unpaired) electrons. The zero-order valence-corrected chi connectivity index (χ0v) is 15.6. The van der Waals surface area contributed by atoms with Crippen LogP contribution in [-0.2, 0) is 9.47 Å². The number of rotatable bonds is 16. The maximum Gasteiger partial charge on any atom is 0.0593 e. The molecule has 1 atom stereocenters. The van der Waals surface area contributed by atoms with Gasteiger partial charge >= 0.3 is 0 Å². The first-order valence-electron chi connectivity index (χ1n) is 8.73. The quantitative estimate of drug-likeness (QED) is 0.400. The van der Waals surface area contributed by atoms with E-state index in [-0.39, 0.29) is 0 Å². The average molecular weight is 320 g/mol. The van der Waals surface area contributed by atoms with Gasteiger partial charge in [-0.2, -0.15) is 11.8 Å². The predicted octanol–water partition coefficient (Wildman–Crippen LogP) is 4.06. The van der Waals surface area contributed by atoms with Gasteiger partial charge in [0.2, 0.25) is 0 Å². The fourth-order valence-electron chi connectivity index (χ4n) is 1.91. The summed E-state index contributed by atoms with van der Waals surface area (Å²) in [5.41, 5.74) is 0. The molecule has 21 heavy (non-hydrogen) atoms. The first kappa shape index (κ1) is 21.2. The Morgan fingerprint density at radius 1 is 0.857 bits per heavy atom. The normalized spacial score (nSPS) is 13.0. The molecule has 0 fully saturated rings. The first-order valence-corrected chi connectivity index (χ1v) is 9.78. The highest BCUT2D eigenvalue weighted by Gasteiger charge is 2.06. The van der Waals surface area contributed by atoms with Crippen molar-refractivity contribution in [1.82, 2.24) is 4.90 Å². The minimum absolute atomic E-state index is 0.791. The zero-order chi connectivity index (χ0) is 15.8. The highest BCUT2D eigenvalue weighted by Crippen LogP contribution is 2.14. The van der Waals surface area contributed by atoms with Crippen LogP contribution in [0.25, 0.3) is 0 Å². The minimum atomic E-state index is 0.791. The van der Waals surface area contributed by atoms with Crippen molar-refractivity contribution < 1.29 is 9.47 Å². The van der Waals surface area contributed by atoms with Gasteiger partial charge in [-0.05, 0) is 38.0 Å². The SMILES string of the molecule is CCCOCCN(CCCS[C@H](C)CC)CCOCCC. The lowest BCUT2D eigenvalue weighted by Gasteiger charge is -2.22. The molecule has 0 aromatic heterocycles. The number of thioether (sulfide) groups is 1. The Morgan fingerprint density at radius 3 is 1.90 bits per heavy atom. The third kappa shape index (κ3) is 14.9. The molecule has 128 valence electrons. The van der Waals surface area contributed by atoms with Crippen molar-refractivity contribution in [3.8, 4) is 0 Å². The first-order chi connectivity index (χ1) is 10.2. The smallest absolute Gasteiger partial charge is 0.0593 e. The number of hydrogen-bond donors (Lipinski definition) is 0. The molecule has 4 heteroatoms. The van der Waals surface area contributed by atoms with E-state index in [1.165, 1.54) is 18.6 Å². The Hall–Kier alpha value is 0.230. The van der Waals surface area contributed by atoms with Crippen molar-refractivity contribution in [1.29, 1.82) is 0 Å². The van der Waals surface area contributed by atoms with E-state index in [0.29, 0.717) is 0 Å². The van der Waals surface area contributed by atoms with Gasteiger partial charge in [0.1, 0.15) is 0 Å². The van der Waals surface area contributed by atoms with Crippen LogP contribution in [0, 0.1) is 0 Å². The lowest BCUT2D eigenvalue weighted by Crippen LogP contribution is -2.32. The van der Waals surface area contributed by atoms with E-state index >= 15 is 0 Å². The summed E-state index contributed by atoms with van der Waals surface area (Å²) in [6.45, 7) is 15.6. The van der Waals surface area contributed by atoms with Gasteiger partial charge in [-0.15, -0.1) is 0 Å². The Labute approximate surface area is 137 Å². The maximum absolute atomic E-state index is 5.62. The molecule has 0 amide bonds. The lowest BCUT2D eigenvalue weighted by atomic mass is 10.4. The summed E-state index contributed by atoms with van der Waals surface area (Å²) in [5, 5.41) is 0.791. The van der Waals surface area contributed by atoms with Crippen LogP contribution in [0.5, 0.6) is 0 Å². The Morgan fingerprint density at radius 2 is 1.43 bits per heavy atom. The van der Waals surface area contributed by atoms with Gasteiger partial charge in [-0.3, -0.25) is 4.90 Å². The van der Waals surface area contributed by atoms with Gasteiger partial charge in [-0.1, -0.05) is 27.7 Å². The minimum Gasteiger partial charge on any atom is -0.380 e. The van der Waals surface area contributed by atoms with Crippen molar-refractivity contribution in [2.45, 2.75) is 58.6 Å². The van der Waals surface area contributed by atoms with Crippen LogP contribution in [0.2, 0.25) is 0 Å². The van der Waals surface area contributed by atoms with Crippen LogP contribution in [0.15, 0.2) is 0 Å². The van der Waals surface area contributed by atoms with Crippen LogP contribution >= 0.6 is 11.8 Å². The third-order valence-corrected chi connectivity index (χ3v) is 4.82. The fourth-order valence-corrected chi connectivity index (χ4v) is 2.84. The van der Waals surface area contributed by atoms with E-state index in [1.54, 1.807) is 0 Å². The van der Waals surface area contributed by atoms with Crippen molar-refractivity contribution in [2.24, 2.45) is 0 Å². The third-order valence-electron chi connectivity index (χ3n) is 3.40. The van der Waals surface area contributed by atoms with Crippen LogP contribution in [-0.4, -0.2) is 62.0 Å². The second kappa shape index (κ2) is 16.6. The zero-order valence-electron chi connectivity index (χ0n) is 14.7. The number of nitrogens with zero attached hydrogens (tertiary/aromatic N) is 1. The van der Waals surface area contributed by atoms with Gasteiger partial charge in [0.25, 0.3) is 0 Å². The lowest BCUT2D eigenvalue weighted by molar-refractivity contribution is 0.0750. The molecule has 0 aliphatic heterocycles. The van der Waals surface area contributed by atoms with E-state index < -0.39 is 0 Å². The fraction of sp³-hybridized carbons (Fsp3) is 1.00. The molecule has 0 saturated heterocycles. The summed E-state index contributed by atoms with van der Waals surface area (Å²) in [7, 11) is 0. The summed E-state index contributed by atoms with van der Waals surface area (Å²) >= 11 is 2.09. The highest BCUT2D eigenvalue weighted by atomic mass is 32.2. The van der Waals surface area contributed by atoms with Gasteiger partial charge < -0.3 is 9.47 Å². The molecule has 0 aliphatic carbocycles. The Kier molecular flexibility index (Phi) is 16.8. The monoisotopic (exact) mass is 319 g/mol. The van der Waals surface area contributed by atoms with Gasteiger partial charge in [0.05, 0.1) is 13.2 Å². The molecule has 0 N–H and O–H groups in total. The van der Waals surface area contributed by atoms with Crippen molar-refractivity contribution in [3.05, 3.63) is 0 Å². The Balaban J connectivity index is 3.77. The topological polar surface area (TPSA) is 21.7 Å². The predicted molar refractivity (Wildman–Crippen MR) is 95.5 cm³/mol. The summed E-state index contributed by atoms with van der Waals surface area (Å²) in [6.07, 6.45) is 4.73. The molecular weight excluding hydrogens is 282 g/mol. The van der Waals surface area contributed by atoms with Crippen LogP contribution in [0.4, 0.5) is 0 Å². The molecule has 0 saturated carbocycles. The van der Waals surface area contributed by atoms with Crippen LogP contribution in [0.1, 0.15) is 53.4 Å². The van der Waals surface area contributed by atoms with Crippen molar-refractivity contribution in [3.63, 3.8) is 0 Å². The number of hydrogen-bond acceptors (Lipinski definition) is 4. The van der Waals surface area contributed by atoms with Gasteiger partial charge in [-0.25, -0.2) is 0 Å². The van der Waals surface area contributed by atoms with E-state index in [9.17, 15) is 0 Å².